The molecule has 3 heteroatoms. The summed E-state index contributed by atoms with van der Waals surface area (Å²) in [7, 11) is 3.68. The largest absolute Gasteiger partial charge is 0.375 e. The van der Waals surface area contributed by atoms with E-state index in [-0.39, 0.29) is 5.82 Å². The number of hydrogen-bond acceptors (Lipinski definition) is 2. The molecule has 1 N–H and O–H groups in total. The van der Waals surface area contributed by atoms with Crippen LogP contribution in [0.2, 0.25) is 0 Å². The average Bonchev–Trinajstić information content (AvgIpc) is 2.16. The van der Waals surface area contributed by atoms with Crippen molar-refractivity contribution in [2.75, 3.05) is 25.5 Å². The monoisotopic (exact) mass is 224 g/mol. The molecule has 2 nitrogen and oxygen atoms in total. The molecule has 0 amide bonds. The molecule has 90 valence electrons. The van der Waals surface area contributed by atoms with Crippen molar-refractivity contribution in [1.82, 2.24) is 5.32 Å². The second kappa shape index (κ2) is 5.85. The zero-order chi connectivity index (χ0) is 12.1. The smallest absolute Gasteiger partial charge is 0.146 e. The van der Waals surface area contributed by atoms with Gasteiger partial charge < -0.3 is 10.2 Å². The second-order valence-electron chi connectivity index (χ2n) is 4.70. The van der Waals surface area contributed by atoms with E-state index in [1.165, 1.54) is 0 Å². The molecule has 0 saturated carbocycles. The lowest BCUT2D eigenvalue weighted by Crippen LogP contribution is -2.19. The molecular formula is C13H21FN2. The van der Waals surface area contributed by atoms with E-state index in [0.29, 0.717) is 11.6 Å². The molecule has 1 rings (SSSR count). The van der Waals surface area contributed by atoms with Crippen molar-refractivity contribution in [2.45, 2.75) is 20.4 Å². The van der Waals surface area contributed by atoms with Crippen molar-refractivity contribution < 1.29 is 4.39 Å². The van der Waals surface area contributed by atoms with E-state index in [2.05, 4.69) is 19.2 Å². The number of halogens is 1. The van der Waals surface area contributed by atoms with E-state index >= 15 is 0 Å². The fourth-order valence-corrected chi connectivity index (χ4v) is 1.53. The maximum Gasteiger partial charge on any atom is 0.146 e. The third-order valence-electron chi connectivity index (χ3n) is 2.38. The molecule has 0 aliphatic rings. The lowest BCUT2D eigenvalue weighted by atomic mass is 10.1. The molecule has 0 bridgehead atoms. The fourth-order valence-electron chi connectivity index (χ4n) is 1.53. The number of anilines is 1. The molecule has 1 aromatic carbocycles. The Morgan fingerprint density at radius 2 is 2.00 bits per heavy atom. The molecule has 0 heterocycles. The quantitative estimate of drug-likeness (QED) is 0.827. The molecule has 16 heavy (non-hydrogen) atoms. The number of nitrogens with one attached hydrogen (secondary N) is 1. The molecule has 0 aliphatic heterocycles. The number of hydrogen-bond donors (Lipinski definition) is 1. The van der Waals surface area contributed by atoms with Crippen LogP contribution in [-0.2, 0) is 6.54 Å². The van der Waals surface area contributed by atoms with Gasteiger partial charge >= 0.3 is 0 Å². The highest BCUT2D eigenvalue weighted by Gasteiger charge is 2.05. The summed E-state index contributed by atoms with van der Waals surface area (Å²) in [5.74, 6) is 0.458. The first-order valence-corrected chi connectivity index (χ1v) is 5.67. The summed E-state index contributed by atoms with van der Waals surface area (Å²) in [4.78, 5) is 1.78. The predicted octanol–water partition coefficient (Wildman–Crippen LogP) is 2.64. The van der Waals surface area contributed by atoms with Crippen molar-refractivity contribution in [2.24, 2.45) is 5.92 Å². The van der Waals surface area contributed by atoms with Crippen molar-refractivity contribution in [3.05, 3.63) is 29.6 Å². The SMILES string of the molecule is CC(C)CNCc1ccc(N(C)C)c(F)c1. The number of nitrogens with zero attached hydrogens (tertiary/aromatic N) is 1. The van der Waals surface area contributed by atoms with E-state index < -0.39 is 0 Å². The summed E-state index contributed by atoms with van der Waals surface area (Å²) >= 11 is 0. The van der Waals surface area contributed by atoms with Gasteiger partial charge in [-0.25, -0.2) is 4.39 Å². The number of rotatable bonds is 5. The van der Waals surface area contributed by atoms with Gasteiger partial charge in [-0.3, -0.25) is 0 Å². The Balaban J connectivity index is 2.59. The van der Waals surface area contributed by atoms with Crippen molar-refractivity contribution in [3.8, 4) is 0 Å². The molecular weight excluding hydrogens is 203 g/mol. The molecule has 0 atom stereocenters. The lowest BCUT2D eigenvalue weighted by Gasteiger charge is -2.14. The Hall–Kier alpha value is -1.09. The van der Waals surface area contributed by atoms with Crippen LogP contribution in [0.3, 0.4) is 0 Å². The highest BCUT2D eigenvalue weighted by Crippen LogP contribution is 2.18. The molecule has 0 aliphatic carbocycles. The third kappa shape index (κ3) is 3.81. The minimum Gasteiger partial charge on any atom is -0.375 e. The van der Waals surface area contributed by atoms with Crippen LogP contribution >= 0.6 is 0 Å². The summed E-state index contributed by atoms with van der Waals surface area (Å²) in [6.07, 6.45) is 0. The Morgan fingerprint density at radius 3 is 2.50 bits per heavy atom. The third-order valence-corrected chi connectivity index (χ3v) is 2.38. The molecule has 1 aromatic rings. The molecule has 0 spiro atoms. The summed E-state index contributed by atoms with van der Waals surface area (Å²) in [6, 6.07) is 5.39. The van der Waals surface area contributed by atoms with Crippen LogP contribution in [-0.4, -0.2) is 20.6 Å². The standard InChI is InChI=1S/C13H21FN2/c1-10(2)8-15-9-11-5-6-13(16(3)4)12(14)7-11/h5-7,10,15H,8-9H2,1-4H3. The lowest BCUT2D eigenvalue weighted by molar-refractivity contribution is 0.550. The maximum absolute atomic E-state index is 13.6. The number of benzene rings is 1. The highest BCUT2D eigenvalue weighted by molar-refractivity contribution is 5.47. The van der Waals surface area contributed by atoms with E-state index in [1.807, 2.05) is 26.2 Å². The summed E-state index contributed by atoms with van der Waals surface area (Å²) in [5.41, 5.74) is 1.62. The Morgan fingerprint density at radius 1 is 1.31 bits per heavy atom. The summed E-state index contributed by atoms with van der Waals surface area (Å²) in [6.45, 7) is 5.99. The van der Waals surface area contributed by atoms with E-state index in [9.17, 15) is 4.39 Å². The maximum atomic E-state index is 13.6. The van der Waals surface area contributed by atoms with Gasteiger partial charge in [-0.05, 0) is 30.2 Å². The normalized spacial score (nSPS) is 10.9. The minimum atomic E-state index is -0.158. The molecule has 0 unspecified atom stereocenters. The van der Waals surface area contributed by atoms with Crippen molar-refractivity contribution in [1.29, 1.82) is 0 Å². The Bertz CT molecular complexity index is 335. The topological polar surface area (TPSA) is 15.3 Å². The zero-order valence-corrected chi connectivity index (χ0v) is 10.5. The zero-order valence-electron chi connectivity index (χ0n) is 10.5. The van der Waals surface area contributed by atoms with Gasteiger partial charge in [0.25, 0.3) is 0 Å². The van der Waals surface area contributed by atoms with E-state index in [1.54, 1.807) is 11.0 Å². The van der Waals surface area contributed by atoms with Crippen LogP contribution < -0.4 is 10.2 Å². The molecule has 0 aromatic heterocycles. The Kier molecular flexibility index (Phi) is 4.74. The average molecular weight is 224 g/mol. The van der Waals surface area contributed by atoms with Gasteiger partial charge in [0, 0.05) is 20.6 Å². The van der Waals surface area contributed by atoms with E-state index in [4.69, 9.17) is 0 Å². The van der Waals surface area contributed by atoms with Crippen LogP contribution in [0, 0.1) is 11.7 Å². The van der Waals surface area contributed by atoms with Gasteiger partial charge in [0.05, 0.1) is 5.69 Å². The first-order chi connectivity index (χ1) is 7.50. The van der Waals surface area contributed by atoms with Crippen LogP contribution in [0.25, 0.3) is 0 Å². The molecule has 0 fully saturated rings. The van der Waals surface area contributed by atoms with Crippen molar-refractivity contribution >= 4 is 5.69 Å². The first-order valence-electron chi connectivity index (χ1n) is 5.67. The van der Waals surface area contributed by atoms with Gasteiger partial charge in [-0.15, -0.1) is 0 Å². The van der Waals surface area contributed by atoms with Crippen molar-refractivity contribution in [3.63, 3.8) is 0 Å². The van der Waals surface area contributed by atoms with Crippen LogP contribution in [0.5, 0.6) is 0 Å². The second-order valence-corrected chi connectivity index (χ2v) is 4.70. The van der Waals surface area contributed by atoms with Crippen LogP contribution in [0.15, 0.2) is 18.2 Å². The fraction of sp³-hybridized carbons (Fsp3) is 0.538. The van der Waals surface area contributed by atoms with E-state index in [0.717, 1.165) is 18.7 Å². The molecule has 0 radical (unpaired) electrons. The first kappa shape index (κ1) is 13.0. The minimum absolute atomic E-state index is 0.158. The van der Waals surface area contributed by atoms with Crippen LogP contribution in [0.1, 0.15) is 19.4 Å². The Labute approximate surface area is 97.5 Å². The van der Waals surface area contributed by atoms with Gasteiger partial charge in [0.2, 0.25) is 0 Å². The van der Waals surface area contributed by atoms with Gasteiger partial charge in [-0.2, -0.15) is 0 Å². The van der Waals surface area contributed by atoms with Gasteiger partial charge in [-0.1, -0.05) is 19.9 Å². The highest BCUT2D eigenvalue weighted by atomic mass is 19.1. The summed E-state index contributed by atoms with van der Waals surface area (Å²) < 4.78 is 13.6. The molecule has 0 saturated heterocycles. The van der Waals surface area contributed by atoms with Gasteiger partial charge in [0.1, 0.15) is 5.82 Å². The van der Waals surface area contributed by atoms with Crippen LogP contribution in [0.4, 0.5) is 10.1 Å². The summed E-state index contributed by atoms with van der Waals surface area (Å²) in [5, 5.41) is 3.30. The van der Waals surface area contributed by atoms with Gasteiger partial charge in [0.15, 0.2) is 0 Å². The predicted molar refractivity (Wildman–Crippen MR) is 67.3 cm³/mol.